The van der Waals surface area contributed by atoms with Gasteiger partial charge in [-0.05, 0) is 37.8 Å². The summed E-state index contributed by atoms with van der Waals surface area (Å²) in [7, 11) is 3.57. The molecule has 7 nitrogen and oxygen atoms in total. The van der Waals surface area contributed by atoms with Crippen LogP contribution >= 0.6 is 0 Å². The van der Waals surface area contributed by atoms with Gasteiger partial charge < -0.3 is 10.2 Å². The first-order valence-electron chi connectivity index (χ1n) is 7.98. The van der Waals surface area contributed by atoms with Crippen LogP contribution in [0.3, 0.4) is 0 Å². The molecular weight excluding hydrogens is 306 g/mol. The lowest BCUT2D eigenvalue weighted by atomic mass is 9.92. The summed E-state index contributed by atoms with van der Waals surface area (Å²) >= 11 is 0. The largest absolute Gasteiger partial charge is 0.330 e. The fourth-order valence-corrected chi connectivity index (χ4v) is 3.19. The average Bonchev–Trinajstić information content (AvgIpc) is 2.95. The van der Waals surface area contributed by atoms with Gasteiger partial charge >= 0.3 is 11.8 Å². The Morgan fingerprint density at radius 3 is 2.88 bits per heavy atom. The van der Waals surface area contributed by atoms with Crippen molar-refractivity contribution in [2.24, 2.45) is 7.05 Å². The average molecular weight is 327 g/mol. The van der Waals surface area contributed by atoms with Crippen molar-refractivity contribution >= 4 is 17.5 Å². The molecule has 0 aromatic carbocycles. The zero-order valence-electron chi connectivity index (χ0n) is 14.1. The Morgan fingerprint density at radius 2 is 2.12 bits per heavy atom. The molecule has 1 aliphatic carbocycles. The number of carbonyl (C=O) groups excluding carboxylic acids is 2. The van der Waals surface area contributed by atoms with Crippen LogP contribution in [0.1, 0.15) is 35.7 Å². The molecular formula is C17H21N5O2. The number of fused-ring (bicyclic) bond motifs is 1. The number of hydrogen-bond acceptors (Lipinski definition) is 4. The number of likely N-dealkylation sites (N-methyl/N-ethyl adjacent to an activating group) is 1. The summed E-state index contributed by atoms with van der Waals surface area (Å²) in [6.45, 7) is 1.88. The molecule has 3 rings (SSSR count). The minimum atomic E-state index is -0.652. The minimum absolute atomic E-state index is 0.115. The first kappa shape index (κ1) is 16.2. The van der Waals surface area contributed by atoms with Gasteiger partial charge in [0.2, 0.25) is 0 Å². The van der Waals surface area contributed by atoms with Gasteiger partial charge in [-0.2, -0.15) is 5.10 Å². The Balaban J connectivity index is 1.74. The van der Waals surface area contributed by atoms with Crippen molar-refractivity contribution in [3.8, 4) is 0 Å². The second kappa shape index (κ2) is 6.43. The van der Waals surface area contributed by atoms with Crippen LogP contribution in [0.25, 0.3) is 0 Å². The first-order valence-corrected chi connectivity index (χ1v) is 7.98. The van der Waals surface area contributed by atoms with Gasteiger partial charge in [-0.1, -0.05) is 0 Å². The number of nitrogens with one attached hydrogen (secondary N) is 1. The molecule has 1 N–H and O–H groups in total. The number of pyridine rings is 1. The molecule has 2 aromatic heterocycles. The maximum Gasteiger partial charge on any atom is 0.313 e. The predicted molar refractivity (Wildman–Crippen MR) is 89.3 cm³/mol. The zero-order chi connectivity index (χ0) is 17.3. The summed E-state index contributed by atoms with van der Waals surface area (Å²) in [5.41, 5.74) is 3.60. The van der Waals surface area contributed by atoms with Crippen molar-refractivity contribution < 1.29 is 9.59 Å². The molecule has 1 aliphatic rings. The summed E-state index contributed by atoms with van der Waals surface area (Å²) in [4.78, 5) is 30.3. The fourth-order valence-electron chi connectivity index (χ4n) is 3.19. The van der Waals surface area contributed by atoms with Gasteiger partial charge in [-0.25, -0.2) is 0 Å². The van der Waals surface area contributed by atoms with Crippen molar-refractivity contribution in [3.05, 3.63) is 41.5 Å². The van der Waals surface area contributed by atoms with Crippen LogP contribution < -0.4 is 5.32 Å². The highest BCUT2D eigenvalue weighted by Crippen LogP contribution is 2.33. The molecule has 2 heterocycles. The number of carbonyl (C=O) groups is 2. The Hall–Kier alpha value is -2.70. The number of hydrogen-bond donors (Lipinski definition) is 1. The lowest BCUT2D eigenvalue weighted by Crippen LogP contribution is -2.40. The molecule has 2 aromatic rings. The van der Waals surface area contributed by atoms with Crippen molar-refractivity contribution in [2.45, 2.75) is 32.2 Å². The lowest BCUT2D eigenvalue weighted by molar-refractivity contribution is -0.144. The van der Waals surface area contributed by atoms with Gasteiger partial charge in [0.1, 0.15) is 0 Å². The number of aromatic nitrogens is 3. The van der Waals surface area contributed by atoms with Crippen molar-refractivity contribution in [1.29, 1.82) is 0 Å². The van der Waals surface area contributed by atoms with Crippen LogP contribution in [-0.4, -0.2) is 38.5 Å². The van der Waals surface area contributed by atoms with E-state index in [-0.39, 0.29) is 6.04 Å². The van der Waals surface area contributed by atoms with Gasteiger partial charge in [-0.15, -0.1) is 0 Å². The summed E-state index contributed by atoms with van der Waals surface area (Å²) in [5, 5.41) is 6.90. The molecule has 2 amide bonds. The molecule has 0 aliphatic heterocycles. The minimum Gasteiger partial charge on any atom is -0.330 e. The molecule has 126 valence electrons. The molecule has 0 saturated carbocycles. The monoisotopic (exact) mass is 327 g/mol. The zero-order valence-corrected chi connectivity index (χ0v) is 14.1. The molecule has 0 saturated heterocycles. The van der Waals surface area contributed by atoms with Crippen molar-refractivity contribution in [3.63, 3.8) is 0 Å². The summed E-state index contributed by atoms with van der Waals surface area (Å²) < 4.78 is 1.85. The standard InChI is InChI=1S/C17H21N5O2/c1-11-7-12(9-18-8-11)20-16(23)17(24)21(2)14-5-4-6-15-13(14)10-19-22(15)3/h7-10,14H,4-6H2,1-3H3,(H,20,23)/t14-/m0/s1. The number of amides is 2. The highest BCUT2D eigenvalue weighted by Gasteiger charge is 2.31. The second-order valence-electron chi connectivity index (χ2n) is 6.20. The van der Waals surface area contributed by atoms with Gasteiger partial charge in [-0.3, -0.25) is 19.3 Å². The quantitative estimate of drug-likeness (QED) is 0.850. The van der Waals surface area contributed by atoms with E-state index in [2.05, 4.69) is 15.4 Å². The van der Waals surface area contributed by atoms with Gasteiger partial charge in [0.15, 0.2) is 0 Å². The molecule has 0 spiro atoms. The van der Waals surface area contributed by atoms with E-state index in [0.29, 0.717) is 5.69 Å². The SMILES string of the molecule is Cc1cncc(NC(=O)C(=O)N(C)[C@H]2CCCc3c2cnn3C)c1. The number of nitrogens with zero attached hydrogens (tertiary/aromatic N) is 4. The van der Waals surface area contributed by atoms with E-state index in [1.165, 1.54) is 11.1 Å². The molecule has 24 heavy (non-hydrogen) atoms. The maximum atomic E-state index is 12.5. The lowest BCUT2D eigenvalue weighted by Gasteiger charge is -2.31. The molecule has 0 radical (unpaired) electrons. The molecule has 7 heteroatoms. The molecule has 0 bridgehead atoms. The van der Waals surface area contributed by atoms with Crippen LogP contribution in [0.2, 0.25) is 0 Å². The normalized spacial score (nSPS) is 16.4. The molecule has 1 atom stereocenters. The topological polar surface area (TPSA) is 80.1 Å². The van der Waals surface area contributed by atoms with Crippen LogP contribution in [0.4, 0.5) is 5.69 Å². The van der Waals surface area contributed by atoms with Crippen LogP contribution in [0.5, 0.6) is 0 Å². The summed E-state index contributed by atoms with van der Waals surface area (Å²) in [6.07, 6.45) is 7.77. The van der Waals surface area contributed by atoms with Crippen LogP contribution in [0, 0.1) is 6.92 Å². The van der Waals surface area contributed by atoms with Crippen LogP contribution in [-0.2, 0) is 23.1 Å². The Morgan fingerprint density at radius 1 is 1.33 bits per heavy atom. The van der Waals surface area contributed by atoms with Crippen molar-refractivity contribution in [2.75, 3.05) is 12.4 Å². The predicted octanol–water partition coefficient (Wildman–Crippen LogP) is 1.60. The number of aryl methyl sites for hydroxylation is 2. The third kappa shape index (κ3) is 3.02. The summed E-state index contributed by atoms with van der Waals surface area (Å²) in [5.74, 6) is -1.21. The van der Waals surface area contributed by atoms with E-state index < -0.39 is 11.8 Å². The highest BCUT2D eigenvalue weighted by atomic mass is 16.2. The van der Waals surface area contributed by atoms with E-state index in [1.54, 1.807) is 25.5 Å². The van der Waals surface area contributed by atoms with Gasteiger partial charge in [0.25, 0.3) is 0 Å². The first-order chi connectivity index (χ1) is 11.5. The Kier molecular flexibility index (Phi) is 4.33. The van der Waals surface area contributed by atoms with Crippen molar-refractivity contribution in [1.82, 2.24) is 19.7 Å². The second-order valence-corrected chi connectivity index (χ2v) is 6.20. The molecule has 0 unspecified atom stereocenters. The third-order valence-electron chi connectivity index (χ3n) is 4.46. The fraction of sp³-hybridized carbons (Fsp3) is 0.412. The third-order valence-corrected chi connectivity index (χ3v) is 4.46. The number of anilines is 1. The van der Waals surface area contributed by atoms with E-state index in [4.69, 9.17) is 0 Å². The van der Waals surface area contributed by atoms with Crippen LogP contribution in [0.15, 0.2) is 24.7 Å². The van der Waals surface area contributed by atoms with E-state index >= 15 is 0 Å². The summed E-state index contributed by atoms with van der Waals surface area (Å²) in [6, 6.07) is 1.66. The van der Waals surface area contributed by atoms with Gasteiger partial charge in [0, 0.05) is 31.5 Å². The molecule has 0 fully saturated rings. The Labute approximate surface area is 140 Å². The highest BCUT2D eigenvalue weighted by molar-refractivity contribution is 6.39. The van der Waals surface area contributed by atoms with Gasteiger partial charge in [0.05, 0.1) is 24.1 Å². The Bertz CT molecular complexity index is 783. The smallest absolute Gasteiger partial charge is 0.313 e. The van der Waals surface area contributed by atoms with E-state index in [0.717, 1.165) is 36.1 Å². The number of rotatable bonds is 2. The van der Waals surface area contributed by atoms with E-state index in [1.807, 2.05) is 18.7 Å². The van der Waals surface area contributed by atoms with E-state index in [9.17, 15) is 9.59 Å². The maximum absolute atomic E-state index is 12.5.